The van der Waals surface area contributed by atoms with E-state index in [-0.39, 0.29) is 17.5 Å². The highest BCUT2D eigenvalue weighted by Crippen LogP contribution is 2.37. The number of carboxylic acid groups (broad SMARTS) is 1. The number of carbonyl (C=O) groups is 1. The Morgan fingerprint density at radius 2 is 2.19 bits per heavy atom. The molecular formula is C15H23N3O3. The lowest BCUT2D eigenvalue weighted by molar-refractivity contribution is -0.141. The number of aliphatic carboxylic acids is 1. The van der Waals surface area contributed by atoms with Crippen molar-refractivity contribution in [2.45, 2.75) is 57.9 Å². The van der Waals surface area contributed by atoms with Crippen LogP contribution in [0.4, 0.5) is 5.82 Å². The molecule has 0 bridgehead atoms. The van der Waals surface area contributed by atoms with Crippen molar-refractivity contribution in [2.75, 3.05) is 5.32 Å². The van der Waals surface area contributed by atoms with Gasteiger partial charge in [-0.3, -0.25) is 9.59 Å². The molecule has 0 aliphatic heterocycles. The summed E-state index contributed by atoms with van der Waals surface area (Å²) in [6, 6.07) is 1.63. The van der Waals surface area contributed by atoms with E-state index in [4.69, 9.17) is 5.11 Å². The van der Waals surface area contributed by atoms with E-state index >= 15 is 0 Å². The minimum Gasteiger partial charge on any atom is -0.481 e. The average Bonchev–Trinajstić information content (AvgIpc) is 3.21. The second-order valence-corrected chi connectivity index (χ2v) is 6.01. The number of anilines is 1. The first-order valence-electron chi connectivity index (χ1n) is 7.56. The van der Waals surface area contributed by atoms with Gasteiger partial charge in [0.2, 0.25) is 0 Å². The minimum absolute atomic E-state index is 0.124. The van der Waals surface area contributed by atoms with Crippen molar-refractivity contribution < 1.29 is 9.90 Å². The van der Waals surface area contributed by atoms with Crippen molar-refractivity contribution in [3.63, 3.8) is 0 Å². The highest BCUT2D eigenvalue weighted by Gasteiger charge is 2.26. The van der Waals surface area contributed by atoms with Gasteiger partial charge in [0, 0.05) is 18.0 Å². The van der Waals surface area contributed by atoms with Crippen LogP contribution in [0, 0.1) is 5.92 Å². The quantitative estimate of drug-likeness (QED) is 0.684. The fourth-order valence-corrected chi connectivity index (χ4v) is 2.28. The van der Waals surface area contributed by atoms with Crippen molar-refractivity contribution in [1.29, 1.82) is 0 Å². The summed E-state index contributed by atoms with van der Waals surface area (Å²) < 4.78 is 0. The first kappa shape index (κ1) is 15.5. The molecule has 1 aromatic heterocycles. The van der Waals surface area contributed by atoms with Crippen LogP contribution in [0.3, 0.4) is 0 Å². The van der Waals surface area contributed by atoms with Crippen molar-refractivity contribution >= 4 is 11.8 Å². The Balaban J connectivity index is 1.83. The van der Waals surface area contributed by atoms with Gasteiger partial charge in [-0.2, -0.15) is 0 Å². The van der Waals surface area contributed by atoms with Crippen LogP contribution in [0.15, 0.2) is 10.9 Å². The van der Waals surface area contributed by atoms with Gasteiger partial charge in [-0.05, 0) is 32.6 Å². The molecule has 1 fully saturated rings. The van der Waals surface area contributed by atoms with Gasteiger partial charge >= 0.3 is 5.97 Å². The van der Waals surface area contributed by atoms with E-state index in [1.165, 1.54) is 6.07 Å². The monoisotopic (exact) mass is 293 g/mol. The maximum absolute atomic E-state index is 11.6. The fraction of sp³-hybridized carbons (Fsp3) is 0.667. The zero-order chi connectivity index (χ0) is 15.4. The lowest BCUT2D eigenvalue weighted by Gasteiger charge is -2.15. The van der Waals surface area contributed by atoms with Crippen molar-refractivity contribution in [3.05, 3.63) is 22.2 Å². The molecule has 21 heavy (non-hydrogen) atoms. The molecule has 0 saturated heterocycles. The molecule has 0 spiro atoms. The summed E-state index contributed by atoms with van der Waals surface area (Å²) in [6.45, 7) is 3.74. The van der Waals surface area contributed by atoms with E-state index in [9.17, 15) is 9.59 Å². The van der Waals surface area contributed by atoms with Crippen molar-refractivity contribution in [3.8, 4) is 0 Å². The SMILES string of the molecule is CC(CCCC(C)C(=O)O)Nc1cc(=O)[nH]c(C2CC2)n1. The maximum atomic E-state index is 11.6. The Morgan fingerprint density at radius 3 is 2.81 bits per heavy atom. The van der Waals surface area contributed by atoms with Crippen LogP contribution in [-0.2, 0) is 4.79 Å². The number of hydrogen-bond acceptors (Lipinski definition) is 4. The second-order valence-electron chi connectivity index (χ2n) is 6.01. The summed E-state index contributed by atoms with van der Waals surface area (Å²) in [5.41, 5.74) is -0.124. The number of aromatic nitrogens is 2. The lowest BCUT2D eigenvalue weighted by Crippen LogP contribution is -2.20. The van der Waals surface area contributed by atoms with Crippen LogP contribution < -0.4 is 10.9 Å². The van der Waals surface area contributed by atoms with E-state index in [1.54, 1.807) is 6.92 Å². The number of H-pyrrole nitrogens is 1. The Labute approximate surface area is 124 Å². The van der Waals surface area contributed by atoms with Gasteiger partial charge in [-0.1, -0.05) is 13.3 Å². The normalized spacial score (nSPS) is 17.2. The number of rotatable bonds is 8. The molecule has 116 valence electrons. The fourth-order valence-electron chi connectivity index (χ4n) is 2.28. The summed E-state index contributed by atoms with van der Waals surface area (Å²) in [7, 11) is 0. The highest BCUT2D eigenvalue weighted by atomic mass is 16.4. The summed E-state index contributed by atoms with van der Waals surface area (Å²) in [5.74, 6) is 0.736. The van der Waals surface area contributed by atoms with Crippen LogP contribution in [0.25, 0.3) is 0 Å². The second kappa shape index (κ2) is 6.74. The van der Waals surface area contributed by atoms with Crippen molar-refractivity contribution in [1.82, 2.24) is 9.97 Å². The Bertz CT molecular complexity index is 551. The zero-order valence-electron chi connectivity index (χ0n) is 12.6. The van der Waals surface area contributed by atoms with E-state index < -0.39 is 5.97 Å². The molecule has 6 nitrogen and oxygen atoms in total. The third-order valence-electron chi connectivity index (χ3n) is 3.81. The lowest BCUT2D eigenvalue weighted by atomic mass is 10.0. The molecule has 1 heterocycles. The minimum atomic E-state index is -0.749. The predicted molar refractivity (Wildman–Crippen MR) is 80.6 cm³/mol. The molecule has 1 aliphatic rings. The first-order chi connectivity index (χ1) is 9.95. The molecule has 1 aliphatic carbocycles. The number of aromatic amines is 1. The number of nitrogens with one attached hydrogen (secondary N) is 2. The molecule has 0 aromatic carbocycles. The van der Waals surface area contributed by atoms with Crippen LogP contribution in [0.1, 0.15) is 57.7 Å². The van der Waals surface area contributed by atoms with Crippen LogP contribution in [-0.4, -0.2) is 27.1 Å². The van der Waals surface area contributed by atoms with E-state index in [1.807, 2.05) is 6.92 Å². The van der Waals surface area contributed by atoms with Gasteiger partial charge in [0.05, 0.1) is 5.92 Å². The molecule has 0 amide bonds. The average molecular weight is 293 g/mol. The first-order valence-corrected chi connectivity index (χ1v) is 7.56. The number of carboxylic acids is 1. The molecule has 2 rings (SSSR count). The van der Waals surface area contributed by atoms with Gasteiger partial charge in [0.25, 0.3) is 5.56 Å². The summed E-state index contributed by atoms with van der Waals surface area (Å²) in [6.07, 6.45) is 4.53. The van der Waals surface area contributed by atoms with Gasteiger partial charge in [0.15, 0.2) is 0 Å². The number of nitrogens with zero attached hydrogens (tertiary/aromatic N) is 1. The third kappa shape index (κ3) is 4.88. The van der Waals surface area contributed by atoms with Gasteiger partial charge in [-0.25, -0.2) is 4.98 Å². The van der Waals surface area contributed by atoms with Crippen LogP contribution >= 0.6 is 0 Å². The molecule has 1 aromatic rings. The molecule has 0 radical (unpaired) electrons. The molecule has 3 N–H and O–H groups in total. The van der Waals surface area contributed by atoms with E-state index in [2.05, 4.69) is 15.3 Å². The maximum Gasteiger partial charge on any atom is 0.306 e. The van der Waals surface area contributed by atoms with E-state index in [0.717, 1.165) is 31.5 Å². The number of hydrogen-bond donors (Lipinski definition) is 3. The van der Waals surface area contributed by atoms with Gasteiger partial charge < -0.3 is 15.4 Å². The topological polar surface area (TPSA) is 95.1 Å². The zero-order valence-corrected chi connectivity index (χ0v) is 12.6. The Hall–Kier alpha value is -1.85. The standard InChI is InChI=1S/C15H23N3O3/c1-9(15(20)21)4-3-5-10(2)16-12-8-13(19)18-14(17-12)11-6-7-11/h8-11H,3-7H2,1-2H3,(H,20,21)(H2,16,17,18,19). The smallest absolute Gasteiger partial charge is 0.306 e. The molecule has 2 unspecified atom stereocenters. The Kier molecular flexibility index (Phi) is 4.98. The van der Waals surface area contributed by atoms with E-state index in [0.29, 0.717) is 18.2 Å². The summed E-state index contributed by atoms with van der Waals surface area (Å²) in [4.78, 5) is 29.6. The third-order valence-corrected chi connectivity index (χ3v) is 3.81. The summed E-state index contributed by atoms with van der Waals surface area (Å²) in [5, 5.41) is 12.1. The van der Waals surface area contributed by atoms with Crippen molar-refractivity contribution in [2.24, 2.45) is 5.92 Å². The predicted octanol–water partition coefficient (Wildman–Crippen LogP) is 2.34. The molecule has 1 saturated carbocycles. The van der Waals surface area contributed by atoms with Gasteiger partial charge in [-0.15, -0.1) is 0 Å². The molecule has 2 atom stereocenters. The van der Waals surface area contributed by atoms with Gasteiger partial charge in [0.1, 0.15) is 11.6 Å². The summed E-state index contributed by atoms with van der Waals surface area (Å²) >= 11 is 0. The van der Waals surface area contributed by atoms with Crippen LogP contribution in [0.2, 0.25) is 0 Å². The van der Waals surface area contributed by atoms with Crippen LogP contribution in [0.5, 0.6) is 0 Å². The molecular weight excluding hydrogens is 270 g/mol. The molecule has 6 heteroatoms. The largest absolute Gasteiger partial charge is 0.481 e. The highest BCUT2D eigenvalue weighted by molar-refractivity contribution is 5.69. The Morgan fingerprint density at radius 1 is 1.48 bits per heavy atom.